The second-order valence-electron chi connectivity index (χ2n) is 11.7. The Labute approximate surface area is 251 Å². The monoisotopic (exact) mass is 596 g/mol. The number of carbonyl (C=O) groups is 3. The number of ether oxygens (including phenoxy) is 2. The van der Waals surface area contributed by atoms with E-state index < -0.39 is 27.4 Å². The van der Waals surface area contributed by atoms with Gasteiger partial charge in [-0.1, -0.05) is 24.3 Å². The molecule has 10 nitrogen and oxygen atoms in total. The number of hydrogen-bond acceptors (Lipinski definition) is 8. The van der Waals surface area contributed by atoms with Crippen molar-refractivity contribution in [2.45, 2.75) is 29.4 Å². The van der Waals surface area contributed by atoms with Crippen LogP contribution >= 0.6 is 11.8 Å². The number of amides is 3. The topological polar surface area (TPSA) is 103 Å². The van der Waals surface area contributed by atoms with Crippen molar-refractivity contribution >= 4 is 35.2 Å². The Morgan fingerprint density at radius 3 is 2.40 bits per heavy atom. The van der Waals surface area contributed by atoms with Crippen molar-refractivity contribution in [2.24, 2.45) is 11.8 Å². The molecule has 1 spiro atoms. The zero-order valence-electron chi connectivity index (χ0n) is 24.3. The predicted octanol–water partition coefficient (Wildman–Crippen LogP) is 1.40. The summed E-state index contributed by atoms with van der Waals surface area (Å²) in [6.07, 6.45) is 8.08. The third kappa shape index (κ3) is 4.84. The zero-order valence-corrected chi connectivity index (χ0v) is 25.1. The molecule has 3 amide bonds. The smallest absolute Gasteiger partial charge is 0.247 e. The average Bonchev–Trinajstić information content (AvgIpc) is 3.25. The third-order valence-corrected chi connectivity index (χ3v) is 11.0. The van der Waals surface area contributed by atoms with Crippen LogP contribution in [0.2, 0.25) is 0 Å². The minimum absolute atomic E-state index is 0.0509. The molecule has 0 aliphatic carbocycles. The number of β-amino-alcohol motifs (C(OH)–C–C–N with tert-alkyl or cyclic N) is 1. The first-order valence-corrected chi connectivity index (χ1v) is 15.7. The van der Waals surface area contributed by atoms with Gasteiger partial charge in [0.1, 0.15) is 11.8 Å². The molecule has 0 aromatic heterocycles. The number of morpholine rings is 1. The van der Waals surface area contributed by atoms with Crippen LogP contribution in [-0.4, -0.2) is 125 Å². The van der Waals surface area contributed by atoms with E-state index in [0.29, 0.717) is 39.5 Å². The van der Waals surface area contributed by atoms with Crippen molar-refractivity contribution in [3.05, 3.63) is 48.6 Å². The Hall–Kier alpha value is -2.86. The van der Waals surface area contributed by atoms with Gasteiger partial charge in [0.2, 0.25) is 17.7 Å². The molecule has 3 fully saturated rings. The normalized spacial score (nSPS) is 33.0. The van der Waals surface area contributed by atoms with E-state index in [-0.39, 0.29) is 30.9 Å². The molecule has 42 heavy (non-hydrogen) atoms. The molecular weight excluding hydrogens is 556 g/mol. The summed E-state index contributed by atoms with van der Waals surface area (Å²) >= 11 is 1.56. The van der Waals surface area contributed by atoms with Crippen LogP contribution in [-0.2, 0) is 19.1 Å². The molecular formula is C31H40N4O6S. The van der Waals surface area contributed by atoms with Crippen LogP contribution < -0.4 is 9.64 Å². The van der Waals surface area contributed by atoms with Crippen LogP contribution in [0.25, 0.3) is 0 Å². The number of aliphatic hydroxyl groups excluding tert-OH is 1. The van der Waals surface area contributed by atoms with E-state index in [0.717, 1.165) is 31.1 Å². The lowest BCUT2D eigenvalue weighted by atomic mass is 9.74. The van der Waals surface area contributed by atoms with Crippen molar-refractivity contribution in [3.8, 4) is 5.75 Å². The van der Waals surface area contributed by atoms with E-state index >= 15 is 0 Å². The van der Waals surface area contributed by atoms with Gasteiger partial charge in [-0.15, -0.1) is 11.8 Å². The largest absolute Gasteiger partial charge is 0.494 e. The van der Waals surface area contributed by atoms with Gasteiger partial charge in [-0.25, -0.2) is 0 Å². The highest BCUT2D eigenvalue weighted by atomic mass is 32.2. The van der Waals surface area contributed by atoms with Crippen LogP contribution in [0.1, 0.15) is 13.8 Å². The van der Waals surface area contributed by atoms with Gasteiger partial charge in [-0.3, -0.25) is 19.3 Å². The minimum atomic E-state index is -0.918. The number of aliphatic hydroxyl groups is 1. The van der Waals surface area contributed by atoms with E-state index in [1.54, 1.807) is 21.6 Å². The minimum Gasteiger partial charge on any atom is -0.494 e. The number of hydrogen-bond donors (Lipinski definition) is 1. The quantitative estimate of drug-likeness (QED) is 0.450. The molecule has 1 aromatic carbocycles. The summed E-state index contributed by atoms with van der Waals surface area (Å²) in [5, 5.41) is 9.96. The van der Waals surface area contributed by atoms with Crippen molar-refractivity contribution in [2.75, 3.05) is 77.1 Å². The Balaban J connectivity index is 1.33. The number of thioether (sulfide) groups is 1. The molecule has 5 aliphatic heterocycles. The summed E-state index contributed by atoms with van der Waals surface area (Å²) in [7, 11) is 0. The second-order valence-corrected chi connectivity index (χ2v) is 13.5. The van der Waals surface area contributed by atoms with Gasteiger partial charge in [0.25, 0.3) is 0 Å². The average molecular weight is 597 g/mol. The lowest BCUT2D eigenvalue weighted by Crippen LogP contribution is -2.55. The van der Waals surface area contributed by atoms with Crippen molar-refractivity contribution in [1.29, 1.82) is 0 Å². The Bertz CT molecular complexity index is 1270. The van der Waals surface area contributed by atoms with Crippen molar-refractivity contribution < 1.29 is 29.0 Å². The number of nitrogens with zero attached hydrogens (tertiary/aromatic N) is 4. The summed E-state index contributed by atoms with van der Waals surface area (Å²) in [6.45, 7) is 9.43. The molecule has 226 valence electrons. The molecule has 5 atom stereocenters. The molecule has 0 bridgehead atoms. The molecule has 1 unspecified atom stereocenters. The van der Waals surface area contributed by atoms with Crippen LogP contribution in [0.4, 0.5) is 5.69 Å². The SMILES string of the molecule is CCOc1ccc(N2CC=C[C@@]3(C)S[C@]45C=CCN(CCN6CCOCC6)C(=O)C4N(CCO)C(=O)[C@@H]5[C@H]3C2=O)cc1. The highest BCUT2D eigenvalue weighted by Crippen LogP contribution is 2.65. The Kier molecular flexibility index (Phi) is 8.12. The second kappa shape index (κ2) is 11.7. The summed E-state index contributed by atoms with van der Waals surface area (Å²) in [4.78, 5) is 50.5. The first-order chi connectivity index (χ1) is 20.3. The van der Waals surface area contributed by atoms with E-state index in [4.69, 9.17) is 9.47 Å². The van der Waals surface area contributed by atoms with E-state index in [1.807, 2.05) is 61.2 Å². The maximum atomic E-state index is 14.5. The van der Waals surface area contributed by atoms with Gasteiger partial charge in [0.15, 0.2) is 0 Å². The van der Waals surface area contributed by atoms with Crippen LogP contribution in [0.5, 0.6) is 5.75 Å². The first-order valence-electron chi connectivity index (χ1n) is 14.9. The summed E-state index contributed by atoms with van der Waals surface area (Å²) in [5.74, 6) is -1.17. The molecule has 5 heterocycles. The van der Waals surface area contributed by atoms with Gasteiger partial charge in [-0.2, -0.15) is 0 Å². The lowest BCUT2D eigenvalue weighted by Gasteiger charge is -2.37. The highest BCUT2D eigenvalue weighted by molar-refractivity contribution is 8.02. The fourth-order valence-corrected chi connectivity index (χ4v) is 9.48. The fourth-order valence-electron chi connectivity index (χ4n) is 7.32. The highest BCUT2D eigenvalue weighted by Gasteiger charge is 2.73. The summed E-state index contributed by atoms with van der Waals surface area (Å²) in [5.41, 5.74) is 0.735. The van der Waals surface area contributed by atoms with Crippen molar-refractivity contribution in [3.63, 3.8) is 0 Å². The van der Waals surface area contributed by atoms with E-state index in [9.17, 15) is 19.5 Å². The molecule has 0 radical (unpaired) electrons. The molecule has 0 saturated carbocycles. The molecule has 11 heteroatoms. The lowest BCUT2D eigenvalue weighted by molar-refractivity contribution is -0.143. The molecule has 3 saturated heterocycles. The summed E-state index contributed by atoms with van der Waals surface area (Å²) < 4.78 is 9.45. The number of rotatable bonds is 8. The van der Waals surface area contributed by atoms with Crippen LogP contribution in [0.15, 0.2) is 48.6 Å². The number of benzene rings is 1. The number of anilines is 1. The van der Waals surface area contributed by atoms with Gasteiger partial charge >= 0.3 is 0 Å². The van der Waals surface area contributed by atoms with Gasteiger partial charge in [0.05, 0.1) is 43.0 Å². The number of carbonyl (C=O) groups excluding carboxylic acids is 3. The molecule has 1 N–H and O–H groups in total. The Morgan fingerprint density at radius 1 is 0.952 bits per heavy atom. The molecule has 1 aromatic rings. The van der Waals surface area contributed by atoms with Gasteiger partial charge in [0, 0.05) is 56.2 Å². The van der Waals surface area contributed by atoms with Gasteiger partial charge in [-0.05, 0) is 38.1 Å². The zero-order chi connectivity index (χ0) is 29.5. The maximum absolute atomic E-state index is 14.5. The fraction of sp³-hybridized carbons (Fsp3) is 0.581. The van der Waals surface area contributed by atoms with E-state index in [2.05, 4.69) is 11.0 Å². The van der Waals surface area contributed by atoms with Gasteiger partial charge < -0.3 is 29.3 Å². The van der Waals surface area contributed by atoms with Crippen molar-refractivity contribution in [1.82, 2.24) is 14.7 Å². The standard InChI is InChI=1S/C31H40N4O6S/c1-3-41-23-8-6-22(7-9-23)34-13-4-10-30(2)24(27(34)37)25-28(38)35(16-19-36)26-29(39)33(12-5-11-31(25,26)42-30)15-14-32-17-20-40-21-18-32/h4-11,24-26,36H,3,12-21H2,1-2H3/t24-,25-,26?,30+,31-/m0/s1. The predicted molar refractivity (Wildman–Crippen MR) is 160 cm³/mol. The third-order valence-electron chi connectivity index (χ3n) is 9.23. The number of likely N-dealkylation sites (tertiary alicyclic amines) is 1. The van der Waals surface area contributed by atoms with Crippen LogP contribution in [0.3, 0.4) is 0 Å². The molecule has 6 rings (SSSR count). The number of fused-ring (bicyclic) bond motifs is 2. The maximum Gasteiger partial charge on any atom is 0.247 e. The molecule has 5 aliphatic rings. The Morgan fingerprint density at radius 2 is 1.69 bits per heavy atom. The first kappa shape index (κ1) is 29.2. The summed E-state index contributed by atoms with van der Waals surface area (Å²) in [6, 6.07) is 6.65. The van der Waals surface area contributed by atoms with Crippen LogP contribution in [0, 0.1) is 11.8 Å². The van der Waals surface area contributed by atoms with E-state index in [1.165, 1.54) is 0 Å².